The molecule has 0 aromatic carbocycles. The summed E-state index contributed by atoms with van der Waals surface area (Å²) in [6.45, 7) is 8.68. The van der Waals surface area contributed by atoms with Gasteiger partial charge in [-0.15, -0.1) is 0 Å². The first kappa shape index (κ1) is 17.8. The average molecular weight is 339 g/mol. The second kappa shape index (κ2) is 6.89. The second-order valence-corrected chi connectivity index (χ2v) is 7.20. The molecule has 126 valence electrons. The molecule has 2 rings (SSSR count). The van der Waals surface area contributed by atoms with Crippen molar-refractivity contribution in [1.82, 2.24) is 9.88 Å². The van der Waals surface area contributed by atoms with Crippen LogP contribution in [0.3, 0.4) is 0 Å². The third kappa shape index (κ3) is 4.69. The number of nitrogens with zero attached hydrogens (tertiary/aromatic N) is 2. The molecular formula is C17H23ClN2O3. The van der Waals surface area contributed by atoms with Crippen LogP contribution in [0.15, 0.2) is 24.5 Å². The Labute approximate surface area is 141 Å². The lowest BCUT2D eigenvalue weighted by atomic mass is 9.91. The Balaban J connectivity index is 2.15. The predicted octanol–water partition coefficient (Wildman–Crippen LogP) is 3.58. The molecule has 2 heterocycles. The Morgan fingerprint density at radius 1 is 1.48 bits per heavy atom. The smallest absolute Gasteiger partial charge is 0.410 e. The Morgan fingerprint density at radius 3 is 2.74 bits per heavy atom. The number of hydrogen-bond acceptors (Lipinski definition) is 4. The van der Waals surface area contributed by atoms with Crippen molar-refractivity contribution < 1.29 is 14.6 Å². The minimum Gasteiger partial charge on any atom is -0.444 e. The summed E-state index contributed by atoms with van der Waals surface area (Å²) in [7, 11) is 0. The van der Waals surface area contributed by atoms with Crippen molar-refractivity contribution in [1.29, 1.82) is 0 Å². The summed E-state index contributed by atoms with van der Waals surface area (Å²) in [6.07, 6.45) is 4.98. The van der Waals surface area contributed by atoms with Crippen LogP contribution in [0.4, 0.5) is 4.79 Å². The van der Waals surface area contributed by atoms with Crippen LogP contribution in [0, 0.1) is 5.92 Å². The van der Waals surface area contributed by atoms with Crippen LogP contribution in [-0.2, 0) is 4.74 Å². The summed E-state index contributed by atoms with van der Waals surface area (Å²) in [5.74, 6) is 0.140. The molecule has 0 radical (unpaired) electrons. The molecule has 0 bridgehead atoms. The highest BCUT2D eigenvalue weighted by atomic mass is 35.5. The highest BCUT2D eigenvalue weighted by Gasteiger charge is 2.27. The molecule has 2 atom stereocenters. The van der Waals surface area contributed by atoms with Crippen LogP contribution < -0.4 is 0 Å². The molecule has 2 unspecified atom stereocenters. The molecule has 1 aromatic heterocycles. The zero-order valence-electron chi connectivity index (χ0n) is 13.9. The SMILES string of the molecule is CC1CN(C(=O)OC(C)(C)C)CC=C1c1cncc(C(O)Cl)c1. The summed E-state index contributed by atoms with van der Waals surface area (Å²) in [5, 5.41) is 9.47. The summed E-state index contributed by atoms with van der Waals surface area (Å²) < 4.78 is 5.41. The number of alkyl halides is 1. The van der Waals surface area contributed by atoms with Gasteiger partial charge in [-0.3, -0.25) is 4.98 Å². The molecule has 1 amide bonds. The maximum absolute atomic E-state index is 12.2. The molecule has 1 aromatic rings. The number of aliphatic hydroxyl groups excluding tert-OH is 1. The topological polar surface area (TPSA) is 62.7 Å². The van der Waals surface area contributed by atoms with E-state index in [1.165, 1.54) is 0 Å². The van der Waals surface area contributed by atoms with Gasteiger partial charge in [-0.1, -0.05) is 24.6 Å². The zero-order chi connectivity index (χ0) is 17.2. The second-order valence-electron chi connectivity index (χ2n) is 6.79. The third-order valence-corrected chi connectivity index (χ3v) is 3.83. The van der Waals surface area contributed by atoms with Crippen molar-refractivity contribution in [2.75, 3.05) is 13.1 Å². The van der Waals surface area contributed by atoms with E-state index in [-0.39, 0.29) is 12.0 Å². The number of pyridine rings is 1. The van der Waals surface area contributed by atoms with Crippen LogP contribution in [0.1, 0.15) is 44.4 Å². The molecular weight excluding hydrogens is 316 g/mol. The lowest BCUT2D eigenvalue weighted by Gasteiger charge is -2.33. The molecule has 0 saturated heterocycles. The number of aromatic nitrogens is 1. The molecule has 0 fully saturated rings. The van der Waals surface area contributed by atoms with Crippen LogP contribution >= 0.6 is 11.6 Å². The maximum atomic E-state index is 12.2. The van der Waals surface area contributed by atoms with E-state index >= 15 is 0 Å². The molecule has 1 aliphatic rings. The van der Waals surface area contributed by atoms with Gasteiger partial charge in [0.15, 0.2) is 5.56 Å². The Hall–Kier alpha value is -1.59. The highest BCUT2D eigenvalue weighted by Crippen LogP contribution is 2.29. The number of rotatable bonds is 2. The van der Waals surface area contributed by atoms with E-state index in [1.807, 2.05) is 39.8 Å². The van der Waals surface area contributed by atoms with E-state index in [0.717, 1.165) is 11.1 Å². The number of hydrogen-bond donors (Lipinski definition) is 1. The van der Waals surface area contributed by atoms with Gasteiger partial charge in [0.05, 0.1) is 0 Å². The Morgan fingerprint density at radius 2 is 2.17 bits per heavy atom. The monoisotopic (exact) mass is 338 g/mol. The number of halogens is 1. The van der Waals surface area contributed by atoms with Crippen molar-refractivity contribution in [3.05, 3.63) is 35.7 Å². The van der Waals surface area contributed by atoms with Crippen LogP contribution in [0.25, 0.3) is 5.57 Å². The first-order valence-electron chi connectivity index (χ1n) is 7.63. The third-order valence-electron chi connectivity index (χ3n) is 3.58. The lowest BCUT2D eigenvalue weighted by Crippen LogP contribution is -2.41. The molecule has 0 spiro atoms. The summed E-state index contributed by atoms with van der Waals surface area (Å²) in [4.78, 5) is 18.0. The van der Waals surface area contributed by atoms with Gasteiger partial charge < -0.3 is 14.7 Å². The van der Waals surface area contributed by atoms with E-state index in [2.05, 4.69) is 4.98 Å². The van der Waals surface area contributed by atoms with Crippen molar-refractivity contribution >= 4 is 23.3 Å². The van der Waals surface area contributed by atoms with Crippen LogP contribution in [0.2, 0.25) is 0 Å². The minimum absolute atomic E-state index is 0.140. The van der Waals surface area contributed by atoms with Crippen LogP contribution in [0.5, 0.6) is 0 Å². The molecule has 1 aliphatic heterocycles. The number of carbonyl (C=O) groups excluding carboxylic acids is 1. The van der Waals surface area contributed by atoms with E-state index in [9.17, 15) is 9.90 Å². The van der Waals surface area contributed by atoms with Crippen molar-refractivity contribution in [3.8, 4) is 0 Å². The van der Waals surface area contributed by atoms with Gasteiger partial charge in [0.2, 0.25) is 0 Å². The molecule has 5 nitrogen and oxygen atoms in total. The number of aliphatic hydroxyl groups is 1. The van der Waals surface area contributed by atoms with E-state index in [4.69, 9.17) is 16.3 Å². The van der Waals surface area contributed by atoms with E-state index in [1.54, 1.807) is 17.3 Å². The zero-order valence-corrected chi connectivity index (χ0v) is 14.7. The molecule has 23 heavy (non-hydrogen) atoms. The van der Waals surface area contributed by atoms with Crippen molar-refractivity contribution in [2.24, 2.45) is 5.92 Å². The Bertz CT molecular complexity index is 608. The summed E-state index contributed by atoms with van der Waals surface area (Å²) in [6, 6.07) is 1.83. The quantitative estimate of drug-likeness (QED) is 0.837. The largest absolute Gasteiger partial charge is 0.444 e. The van der Waals surface area contributed by atoms with Crippen molar-refractivity contribution in [3.63, 3.8) is 0 Å². The predicted molar refractivity (Wildman–Crippen MR) is 90.0 cm³/mol. The average Bonchev–Trinajstić information content (AvgIpc) is 2.45. The van der Waals surface area contributed by atoms with Gasteiger partial charge in [-0.05, 0) is 43.9 Å². The first-order valence-corrected chi connectivity index (χ1v) is 8.06. The highest BCUT2D eigenvalue weighted by molar-refractivity contribution is 6.19. The van der Waals surface area contributed by atoms with Crippen LogP contribution in [-0.4, -0.2) is 39.8 Å². The molecule has 0 aliphatic carbocycles. The number of ether oxygens (including phenoxy) is 1. The fourth-order valence-corrected chi connectivity index (χ4v) is 2.66. The van der Waals surface area contributed by atoms with E-state index < -0.39 is 11.2 Å². The molecule has 6 heteroatoms. The number of carbonyl (C=O) groups is 1. The van der Waals surface area contributed by atoms with Gasteiger partial charge in [-0.25, -0.2) is 4.79 Å². The first-order chi connectivity index (χ1) is 10.7. The molecule has 1 N–H and O–H groups in total. The minimum atomic E-state index is -1.07. The fraction of sp³-hybridized carbons (Fsp3) is 0.529. The van der Waals surface area contributed by atoms with Gasteiger partial charge in [0.25, 0.3) is 0 Å². The van der Waals surface area contributed by atoms with Gasteiger partial charge in [0, 0.05) is 31.0 Å². The maximum Gasteiger partial charge on any atom is 0.410 e. The fourth-order valence-electron chi connectivity index (χ4n) is 2.54. The normalized spacial score (nSPS) is 20.0. The summed E-state index contributed by atoms with van der Waals surface area (Å²) >= 11 is 5.70. The van der Waals surface area contributed by atoms with Gasteiger partial charge in [0.1, 0.15) is 5.60 Å². The van der Waals surface area contributed by atoms with E-state index in [0.29, 0.717) is 18.7 Å². The standard InChI is InChI=1S/C17H23ClN2O3/c1-11-10-20(16(22)23-17(2,3)4)6-5-14(11)12-7-13(15(18)21)9-19-8-12/h5,7-9,11,15,21H,6,10H2,1-4H3. The summed E-state index contributed by atoms with van der Waals surface area (Å²) in [5.41, 5.74) is 1.00. The number of amides is 1. The van der Waals surface area contributed by atoms with Gasteiger partial charge in [-0.2, -0.15) is 0 Å². The Kier molecular flexibility index (Phi) is 5.32. The van der Waals surface area contributed by atoms with Gasteiger partial charge >= 0.3 is 6.09 Å². The van der Waals surface area contributed by atoms with Crippen molar-refractivity contribution in [2.45, 2.75) is 38.9 Å². The molecule has 0 saturated carbocycles. The lowest BCUT2D eigenvalue weighted by molar-refractivity contribution is 0.0252.